The molecule has 3 N–H and O–H groups in total. The first-order valence-electron chi connectivity index (χ1n) is 5.26. The van der Waals surface area contributed by atoms with Crippen LogP contribution >= 0.6 is 27.7 Å². The highest BCUT2D eigenvalue weighted by atomic mass is 79.9. The van der Waals surface area contributed by atoms with Gasteiger partial charge in [0, 0.05) is 11.3 Å². The zero-order chi connectivity index (χ0) is 11.5. The molecule has 4 nitrogen and oxygen atoms in total. The lowest BCUT2D eigenvalue weighted by molar-refractivity contribution is 0.750. The summed E-state index contributed by atoms with van der Waals surface area (Å²) in [5, 5.41) is 4.20. The standard InChI is InChI=1S/C10H15BrN4S/c1-16-7-3-2-6(4-7)15-10-8(11)9(12)13-5-14-10/h5-7H,2-4H2,1H3,(H3,12,13,14,15). The second-order valence-corrected chi connectivity index (χ2v) is 5.86. The van der Waals surface area contributed by atoms with Crippen molar-refractivity contribution in [3.05, 3.63) is 10.8 Å². The molecule has 2 rings (SSSR count). The van der Waals surface area contributed by atoms with Gasteiger partial charge in [0.2, 0.25) is 0 Å². The fraction of sp³-hybridized carbons (Fsp3) is 0.600. The van der Waals surface area contributed by atoms with E-state index in [0.717, 1.165) is 15.5 Å². The fourth-order valence-electron chi connectivity index (χ4n) is 1.96. The van der Waals surface area contributed by atoms with Crippen LogP contribution in [-0.2, 0) is 0 Å². The second-order valence-electron chi connectivity index (χ2n) is 3.93. The predicted octanol–water partition coefficient (Wildman–Crippen LogP) is 2.52. The van der Waals surface area contributed by atoms with Gasteiger partial charge >= 0.3 is 0 Å². The number of nitrogens with zero attached hydrogens (tertiary/aromatic N) is 2. The van der Waals surface area contributed by atoms with Gasteiger partial charge in [-0.3, -0.25) is 0 Å². The van der Waals surface area contributed by atoms with Crippen molar-refractivity contribution in [2.24, 2.45) is 0 Å². The van der Waals surface area contributed by atoms with Crippen LogP contribution < -0.4 is 11.1 Å². The van der Waals surface area contributed by atoms with Gasteiger partial charge in [0.25, 0.3) is 0 Å². The summed E-state index contributed by atoms with van der Waals surface area (Å²) in [5.41, 5.74) is 5.71. The molecule has 0 spiro atoms. The molecule has 1 aromatic heterocycles. The minimum atomic E-state index is 0.483. The Morgan fingerprint density at radius 1 is 1.50 bits per heavy atom. The summed E-state index contributed by atoms with van der Waals surface area (Å²) in [5.74, 6) is 1.29. The molecule has 0 aliphatic heterocycles. The topological polar surface area (TPSA) is 63.8 Å². The van der Waals surface area contributed by atoms with Gasteiger partial charge in [0.15, 0.2) is 0 Å². The summed E-state index contributed by atoms with van der Waals surface area (Å²) in [4.78, 5) is 8.12. The van der Waals surface area contributed by atoms with Crippen LogP contribution in [0.5, 0.6) is 0 Å². The molecule has 2 atom stereocenters. The molecule has 0 radical (unpaired) electrons. The molecule has 1 heterocycles. The van der Waals surface area contributed by atoms with E-state index in [1.54, 1.807) is 0 Å². The van der Waals surface area contributed by atoms with Crippen molar-refractivity contribution in [2.75, 3.05) is 17.3 Å². The Hall–Kier alpha value is -0.490. The molecule has 1 aromatic rings. The molecule has 1 fully saturated rings. The minimum Gasteiger partial charge on any atom is -0.383 e. The van der Waals surface area contributed by atoms with Crippen molar-refractivity contribution in [3.8, 4) is 0 Å². The minimum absolute atomic E-state index is 0.483. The molecule has 1 aliphatic rings. The quantitative estimate of drug-likeness (QED) is 0.898. The van der Waals surface area contributed by atoms with Gasteiger partial charge in [0.1, 0.15) is 22.4 Å². The van der Waals surface area contributed by atoms with Crippen LogP contribution in [-0.4, -0.2) is 27.5 Å². The van der Waals surface area contributed by atoms with Crippen molar-refractivity contribution in [2.45, 2.75) is 30.6 Å². The van der Waals surface area contributed by atoms with E-state index in [2.05, 4.69) is 37.5 Å². The van der Waals surface area contributed by atoms with E-state index < -0.39 is 0 Å². The molecule has 2 unspecified atom stereocenters. The molecule has 1 saturated carbocycles. The highest BCUT2D eigenvalue weighted by Crippen LogP contribution is 2.32. The maximum Gasteiger partial charge on any atom is 0.146 e. The number of hydrogen-bond donors (Lipinski definition) is 2. The molecule has 0 bridgehead atoms. The summed E-state index contributed by atoms with van der Waals surface area (Å²) >= 11 is 5.35. The van der Waals surface area contributed by atoms with Gasteiger partial charge in [-0.1, -0.05) is 0 Å². The average molecular weight is 303 g/mol. The SMILES string of the molecule is CSC1CCC(Nc2ncnc(N)c2Br)C1. The number of rotatable bonds is 3. The summed E-state index contributed by atoms with van der Waals surface area (Å²) < 4.78 is 0.766. The first-order chi connectivity index (χ1) is 7.70. The molecule has 0 aromatic carbocycles. The fourth-order valence-corrected chi connectivity index (χ4v) is 3.08. The van der Waals surface area contributed by atoms with Crippen molar-refractivity contribution in [3.63, 3.8) is 0 Å². The zero-order valence-electron chi connectivity index (χ0n) is 9.11. The number of hydrogen-bond acceptors (Lipinski definition) is 5. The van der Waals surface area contributed by atoms with Crippen LogP contribution in [0.2, 0.25) is 0 Å². The largest absolute Gasteiger partial charge is 0.383 e. The Kier molecular flexibility index (Phi) is 3.91. The Morgan fingerprint density at radius 2 is 2.31 bits per heavy atom. The third-order valence-corrected chi connectivity index (χ3v) is 4.75. The lowest BCUT2D eigenvalue weighted by Gasteiger charge is -2.14. The monoisotopic (exact) mass is 302 g/mol. The first kappa shape index (κ1) is 12.0. The van der Waals surface area contributed by atoms with E-state index >= 15 is 0 Å². The van der Waals surface area contributed by atoms with Crippen molar-refractivity contribution in [1.82, 2.24) is 9.97 Å². The summed E-state index contributed by atoms with van der Waals surface area (Å²) in [7, 11) is 0. The molecular formula is C10H15BrN4S. The summed E-state index contributed by atoms with van der Waals surface area (Å²) in [6, 6.07) is 0.503. The normalized spacial score (nSPS) is 24.6. The molecular weight excluding hydrogens is 288 g/mol. The van der Waals surface area contributed by atoms with Gasteiger partial charge in [-0.05, 0) is 41.4 Å². The van der Waals surface area contributed by atoms with Crippen LogP contribution in [0.1, 0.15) is 19.3 Å². The second kappa shape index (κ2) is 5.23. The number of halogens is 1. The smallest absolute Gasteiger partial charge is 0.146 e. The third kappa shape index (κ3) is 2.60. The van der Waals surface area contributed by atoms with Crippen molar-refractivity contribution >= 4 is 39.3 Å². The highest BCUT2D eigenvalue weighted by Gasteiger charge is 2.24. The van der Waals surface area contributed by atoms with Crippen molar-refractivity contribution in [1.29, 1.82) is 0 Å². The summed E-state index contributed by atoms with van der Waals surface area (Å²) in [6.45, 7) is 0. The van der Waals surface area contributed by atoms with E-state index in [-0.39, 0.29) is 0 Å². The third-order valence-electron chi connectivity index (χ3n) is 2.88. The molecule has 0 saturated heterocycles. The van der Waals surface area contributed by atoms with Crippen LogP contribution in [0.4, 0.5) is 11.6 Å². The molecule has 88 valence electrons. The van der Waals surface area contributed by atoms with E-state index in [0.29, 0.717) is 11.9 Å². The first-order valence-corrected chi connectivity index (χ1v) is 7.34. The number of nitrogens with two attached hydrogens (primary N) is 1. The summed E-state index contributed by atoms with van der Waals surface area (Å²) in [6.07, 6.45) is 7.32. The van der Waals surface area contributed by atoms with E-state index in [1.807, 2.05) is 11.8 Å². The molecule has 1 aliphatic carbocycles. The molecule has 16 heavy (non-hydrogen) atoms. The van der Waals surface area contributed by atoms with Gasteiger partial charge < -0.3 is 11.1 Å². The van der Waals surface area contributed by atoms with Crippen LogP contribution in [0.25, 0.3) is 0 Å². The van der Waals surface area contributed by atoms with Gasteiger partial charge in [-0.15, -0.1) is 0 Å². The van der Waals surface area contributed by atoms with Crippen LogP contribution in [0, 0.1) is 0 Å². The number of aromatic nitrogens is 2. The average Bonchev–Trinajstić information content (AvgIpc) is 2.73. The number of thioether (sulfide) groups is 1. The van der Waals surface area contributed by atoms with Gasteiger partial charge in [-0.2, -0.15) is 11.8 Å². The zero-order valence-corrected chi connectivity index (χ0v) is 11.5. The number of nitrogens with one attached hydrogen (secondary N) is 1. The molecule has 0 amide bonds. The number of anilines is 2. The molecule has 6 heteroatoms. The van der Waals surface area contributed by atoms with E-state index in [1.165, 1.54) is 25.6 Å². The Balaban J connectivity index is 2.02. The van der Waals surface area contributed by atoms with Gasteiger partial charge in [0.05, 0.1) is 0 Å². The van der Waals surface area contributed by atoms with E-state index in [9.17, 15) is 0 Å². The maximum absolute atomic E-state index is 5.71. The highest BCUT2D eigenvalue weighted by molar-refractivity contribution is 9.10. The van der Waals surface area contributed by atoms with Crippen molar-refractivity contribution < 1.29 is 0 Å². The lowest BCUT2D eigenvalue weighted by Crippen LogP contribution is -2.17. The van der Waals surface area contributed by atoms with Crippen LogP contribution in [0.3, 0.4) is 0 Å². The maximum atomic E-state index is 5.71. The Morgan fingerprint density at radius 3 is 3.00 bits per heavy atom. The Labute approximate surface area is 108 Å². The van der Waals surface area contributed by atoms with Crippen LogP contribution in [0.15, 0.2) is 10.8 Å². The number of nitrogen functional groups attached to an aromatic ring is 1. The van der Waals surface area contributed by atoms with Gasteiger partial charge in [-0.25, -0.2) is 9.97 Å². The predicted molar refractivity (Wildman–Crippen MR) is 72.7 cm³/mol. The van der Waals surface area contributed by atoms with E-state index in [4.69, 9.17) is 5.73 Å². The Bertz CT molecular complexity index is 374. The lowest BCUT2D eigenvalue weighted by atomic mass is 10.2.